The van der Waals surface area contributed by atoms with Gasteiger partial charge in [0.15, 0.2) is 15.0 Å². The van der Waals surface area contributed by atoms with E-state index in [4.69, 9.17) is 23.2 Å². The summed E-state index contributed by atoms with van der Waals surface area (Å²) in [6.07, 6.45) is 0. The molecule has 1 fully saturated rings. The van der Waals surface area contributed by atoms with Crippen LogP contribution in [0.1, 0.15) is 5.56 Å². The number of aliphatic imine (C=N–C) groups is 1. The monoisotopic (exact) mass is 471 g/mol. The number of amidine groups is 1. The van der Waals surface area contributed by atoms with Crippen molar-refractivity contribution in [3.8, 4) is 0 Å². The number of halogens is 2. The Balaban J connectivity index is 1.60. The second kappa shape index (κ2) is 7.79. The maximum Gasteiger partial charge on any atom is 0.269 e. The quantitative estimate of drug-likeness (QED) is 0.490. The van der Waals surface area contributed by atoms with Gasteiger partial charge in [0, 0.05) is 33.6 Å². The van der Waals surface area contributed by atoms with Crippen LogP contribution in [0.15, 0.2) is 47.5 Å². The minimum Gasteiger partial charge on any atom is -0.315 e. The molecule has 0 saturated carbocycles. The third-order valence-corrected chi connectivity index (χ3v) is 7.92. The molecule has 29 heavy (non-hydrogen) atoms. The van der Waals surface area contributed by atoms with E-state index in [1.54, 1.807) is 30.3 Å². The van der Waals surface area contributed by atoms with Crippen LogP contribution in [0, 0.1) is 10.1 Å². The number of hydrogen-bond acceptors (Lipinski definition) is 7. The predicted molar refractivity (Wildman–Crippen MR) is 117 cm³/mol. The van der Waals surface area contributed by atoms with E-state index < -0.39 is 14.8 Å². The fourth-order valence-corrected chi connectivity index (χ4v) is 6.91. The maximum atomic E-state index is 12.1. The number of benzene rings is 2. The Bertz CT molecular complexity index is 1090. The summed E-state index contributed by atoms with van der Waals surface area (Å²) in [5.74, 6) is 0.574. The Morgan fingerprint density at radius 3 is 2.41 bits per heavy atom. The second-order valence-corrected chi connectivity index (χ2v) is 10.8. The summed E-state index contributed by atoms with van der Waals surface area (Å²) in [7, 11) is -3.16. The van der Waals surface area contributed by atoms with Crippen molar-refractivity contribution in [2.75, 3.05) is 16.4 Å². The van der Waals surface area contributed by atoms with Crippen LogP contribution in [0.5, 0.6) is 0 Å². The number of non-ortho nitro benzene ring substituents is 1. The van der Waals surface area contributed by atoms with Crippen LogP contribution in [0.25, 0.3) is 0 Å². The lowest BCUT2D eigenvalue weighted by atomic mass is 10.1. The van der Waals surface area contributed by atoms with E-state index in [1.807, 2.05) is 4.90 Å². The summed E-state index contributed by atoms with van der Waals surface area (Å²) >= 11 is 13.8. The average molecular weight is 472 g/mol. The van der Waals surface area contributed by atoms with E-state index in [0.29, 0.717) is 26.7 Å². The van der Waals surface area contributed by atoms with Crippen molar-refractivity contribution in [3.63, 3.8) is 0 Å². The van der Waals surface area contributed by atoms with Gasteiger partial charge in [-0.3, -0.25) is 15.1 Å². The Kier molecular flexibility index (Phi) is 5.50. The number of nitro groups is 1. The largest absolute Gasteiger partial charge is 0.315 e. The van der Waals surface area contributed by atoms with Crippen molar-refractivity contribution in [2.45, 2.75) is 17.8 Å². The molecule has 2 aromatic carbocycles. The zero-order valence-corrected chi connectivity index (χ0v) is 18.0. The van der Waals surface area contributed by atoms with Crippen LogP contribution in [0.4, 0.5) is 11.4 Å². The van der Waals surface area contributed by atoms with Gasteiger partial charge in [0.1, 0.15) is 0 Å². The number of hydrogen-bond donors (Lipinski definition) is 0. The van der Waals surface area contributed by atoms with E-state index in [2.05, 4.69) is 4.99 Å². The minimum atomic E-state index is -3.16. The Morgan fingerprint density at radius 2 is 1.79 bits per heavy atom. The standard InChI is InChI=1S/C18H15Cl2N3O4S2/c19-12-5-13(20)7-15(6-12)22-17-10-29(26,27)9-16(17)21-18(22)28-8-11-1-3-14(4-2-11)23(24)25/h1-7,16-17H,8-10H2. The molecule has 2 aliphatic rings. The number of thioether (sulfide) groups is 1. The van der Waals surface area contributed by atoms with Crippen molar-refractivity contribution < 1.29 is 13.3 Å². The zero-order valence-electron chi connectivity index (χ0n) is 14.9. The molecule has 2 aromatic rings. The van der Waals surface area contributed by atoms with Crippen LogP contribution in [-0.2, 0) is 15.6 Å². The van der Waals surface area contributed by atoms with Crippen LogP contribution in [0.2, 0.25) is 10.0 Å². The molecular formula is C18H15Cl2N3O4S2. The minimum absolute atomic E-state index is 0.0179. The molecule has 2 aliphatic heterocycles. The first kappa shape index (κ1) is 20.5. The molecule has 0 amide bonds. The summed E-state index contributed by atoms with van der Waals surface area (Å²) in [4.78, 5) is 16.9. The number of nitro benzene ring substituents is 1. The summed E-state index contributed by atoms with van der Waals surface area (Å²) in [5, 5.41) is 12.4. The van der Waals surface area contributed by atoms with Crippen molar-refractivity contribution in [2.24, 2.45) is 4.99 Å². The van der Waals surface area contributed by atoms with Crippen molar-refractivity contribution in [1.29, 1.82) is 0 Å². The number of rotatable bonds is 4. The molecule has 7 nitrogen and oxygen atoms in total. The highest BCUT2D eigenvalue weighted by molar-refractivity contribution is 8.13. The first-order valence-electron chi connectivity index (χ1n) is 8.61. The van der Waals surface area contributed by atoms with Gasteiger partial charge in [-0.2, -0.15) is 0 Å². The number of anilines is 1. The number of fused-ring (bicyclic) bond motifs is 1. The van der Waals surface area contributed by atoms with Crippen LogP contribution >= 0.6 is 35.0 Å². The highest BCUT2D eigenvalue weighted by atomic mass is 35.5. The molecule has 0 radical (unpaired) electrons. The van der Waals surface area contributed by atoms with E-state index in [-0.39, 0.29) is 29.3 Å². The van der Waals surface area contributed by atoms with Gasteiger partial charge in [-0.25, -0.2) is 8.42 Å². The zero-order chi connectivity index (χ0) is 20.8. The number of nitrogens with zero attached hydrogens (tertiary/aromatic N) is 3. The van der Waals surface area contributed by atoms with Crippen LogP contribution in [-0.4, -0.2) is 42.1 Å². The van der Waals surface area contributed by atoms with Crippen molar-refractivity contribution >= 4 is 61.3 Å². The molecule has 2 unspecified atom stereocenters. The summed E-state index contributed by atoms with van der Waals surface area (Å²) in [6, 6.07) is 10.8. The van der Waals surface area contributed by atoms with Gasteiger partial charge >= 0.3 is 0 Å². The number of sulfone groups is 1. The average Bonchev–Trinajstić information content (AvgIpc) is 3.10. The fourth-order valence-electron chi connectivity index (χ4n) is 3.48. The highest BCUT2D eigenvalue weighted by Crippen LogP contribution is 2.38. The molecule has 0 bridgehead atoms. The highest BCUT2D eigenvalue weighted by Gasteiger charge is 2.47. The van der Waals surface area contributed by atoms with E-state index in [1.165, 1.54) is 23.9 Å². The molecular weight excluding hydrogens is 457 g/mol. The molecule has 2 atom stereocenters. The van der Waals surface area contributed by atoms with Crippen molar-refractivity contribution in [1.82, 2.24) is 0 Å². The van der Waals surface area contributed by atoms with Crippen LogP contribution in [0.3, 0.4) is 0 Å². The lowest BCUT2D eigenvalue weighted by Gasteiger charge is -2.27. The molecule has 2 heterocycles. The Morgan fingerprint density at radius 1 is 1.14 bits per heavy atom. The topological polar surface area (TPSA) is 92.9 Å². The summed E-state index contributed by atoms with van der Waals surface area (Å²) < 4.78 is 24.2. The predicted octanol–water partition coefficient (Wildman–Crippen LogP) is 4.18. The molecule has 1 saturated heterocycles. The molecule has 152 valence electrons. The van der Waals surface area contributed by atoms with Gasteiger partial charge in [-0.05, 0) is 23.8 Å². The molecule has 0 spiro atoms. The summed E-state index contributed by atoms with van der Waals surface area (Å²) in [6.45, 7) is 0. The fraction of sp³-hybridized carbons (Fsp3) is 0.278. The molecule has 0 aliphatic carbocycles. The summed E-state index contributed by atoms with van der Waals surface area (Å²) in [5.41, 5.74) is 1.63. The van der Waals surface area contributed by atoms with Gasteiger partial charge in [0.25, 0.3) is 5.69 Å². The molecule has 4 rings (SSSR count). The second-order valence-electron chi connectivity index (χ2n) is 6.83. The first-order chi connectivity index (χ1) is 13.7. The van der Waals surface area contributed by atoms with Gasteiger partial charge in [-0.15, -0.1) is 0 Å². The van der Waals surface area contributed by atoms with Crippen LogP contribution < -0.4 is 4.90 Å². The molecule has 11 heteroatoms. The van der Waals surface area contributed by atoms with E-state index in [9.17, 15) is 18.5 Å². The van der Waals surface area contributed by atoms with E-state index >= 15 is 0 Å². The lowest BCUT2D eigenvalue weighted by Crippen LogP contribution is -2.39. The molecule has 0 N–H and O–H groups in total. The van der Waals surface area contributed by atoms with Gasteiger partial charge < -0.3 is 4.90 Å². The third-order valence-electron chi connectivity index (χ3n) is 4.75. The Hall–Kier alpha value is -1.81. The normalized spacial score (nSPS) is 22.4. The smallest absolute Gasteiger partial charge is 0.269 e. The third kappa shape index (κ3) is 4.37. The van der Waals surface area contributed by atoms with E-state index in [0.717, 1.165) is 5.56 Å². The molecule has 0 aromatic heterocycles. The first-order valence-corrected chi connectivity index (χ1v) is 12.2. The maximum absolute atomic E-state index is 12.1. The SMILES string of the molecule is O=[N+]([O-])c1ccc(CSC2=NC3CS(=O)(=O)CC3N2c2cc(Cl)cc(Cl)c2)cc1. The van der Waals surface area contributed by atoms with Gasteiger partial charge in [0.05, 0.1) is 28.5 Å². The Labute approximate surface area is 181 Å². The van der Waals surface area contributed by atoms with Gasteiger partial charge in [0.2, 0.25) is 0 Å². The lowest BCUT2D eigenvalue weighted by molar-refractivity contribution is -0.384. The van der Waals surface area contributed by atoms with Crippen molar-refractivity contribution in [3.05, 3.63) is 68.2 Å². The van der Waals surface area contributed by atoms with Gasteiger partial charge in [-0.1, -0.05) is 47.1 Å².